The van der Waals surface area contributed by atoms with Crippen molar-refractivity contribution in [2.75, 3.05) is 20.2 Å². The number of likely N-dealkylation sites (tertiary alicyclic amines) is 1. The van der Waals surface area contributed by atoms with Crippen LogP contribution in [0, 0.1) is 5.41 Å². The van der Waals surface area contributed by atoms with Gasteiger partial charge in [0, 0.05) is 18.5 Å². The summed E-state index contributed by atoms with van der Waals surface area (Å²) >= 11 is 5.12. The largest absolute Gasteiger partial charge is 0.496 e. The van der Waals surface area contributed by atoms with E-state index in [1.165, 1.54) is 0 Å². The second-order valence-electron chi connectivity index (χ2n) is 5.42. The van der Waals surface area contributed by atoms with Crippen molar-refractivity contribution in [3.05, 3.63) is 29.8 Å². The van der Waals surface area contributed by atoms with Gasteiger partial charge in [-0.15, -0.1) is 0 Å². The molecular formula is C15H20N2O2S. The van der Waals surface area contributed by atoms with Gasteiger partial charge in [-0.3, -0.25) is 4.79 Å². The predicted molar refractivity (Wildman–Crippen MR) is 83.0 cm³/mol. The lowest BCUT2D eigenvalue weighted by molar-refractivity contribution is 0.0667. The number of hydrogen-bond donors (Lipinski definition) is 1. The molecule has 1 saturated heterocycles. The first kappa shape index (κ1) is 14.8. The summed E-state index contributed by atoms with van der Waals surface area (Å²) in [6.07, 6.45) is 1.62. The highest BCUT2D eigenvalue weighted by Gasteiger charge is 2.34. The topological polar surface area (TPSA) is 55.6 Å². The maximum absolute atomic E-state index is 12.5. The van der Waals surface area contributed by atoms with E-state index < -0.39 is 0 Å². The summed E-state index contributed by atoms with van der Waals surface area (Å²) in [6.45, 7) is 3.41. The van der Waals surface area contributed by atoms with Crippen molar-refractivity contribution in [3.8, 4) is 5.75 Å². The molecule has 1 heterocycles. The zero-order valence-corrected chi connectivity index (χ0v) is 12.7. The van der Waals surface area contributed by atoms with Crippen LogP contribution < -0.4 is 10.5 Å². The maximum Gasteiger partial charge on any atom is 0.257 e. The molecule has 1 aromatic rings. The van der Waals surface area contributed by atoms with Crippen molar-refractivity contribution in [1.82, 2.24) is 4.90 Å². The summed E-state index contributed by atoms with van der Waals surface area (Å²) in [5, 5.41) is 0. The Morgan fingerprint density at radius 3 is 2.50 bits per heavy atom. The van der Waals surface area contributed by atoms with Crippen molar-refractivity contribution < 1.29 is 9.53 Å². The van der Waals surface area contributed by atoms with Crippen LogP contribution in [0.1, 0.15) is 30.1 Å². The second-order valence-corrected chi connectivity index (χ2v) is 5.86. The third-order valence-electron chi connectivity index (χ3n) is 4.09. The molecule has 2 rings (SSSR count). The van der Waals surface area contributed by atoms with E-state index in [-0.39, 0.29) is 11.3 Å². The Bertz CT molecular complexity index is 522. The second kappa shape index (κ2) is 5.79. The Kier molecular flexibility index (Phi) is 4.28. The molecular weight excluding hydrogens is 272 g/mol. The lowest BCUT2D eigenvalue weighted by Gasteiger charge is -2.38. The van der Waals surface area contributed by atoms with Gasteiger partial charge < -0.3 is 15.4 Å². The highest BCUT2D eigenvalue weighted by Crippen LogP contribution is 2.32. The molecule has 0 aromatic heterocycles. The number of hydrogen-bond acceptors (Lipinski definition) is 3. The van der Waals surface area contributed by atoms with Gasteiger partial charge in [-0.2, -0.15) is 0 Å². The number of nitrogens with two attached hydrogens (primary N) is 1. The first-order chi connectivity index (χ1) is 9.48. The van der Waals surface area contributed by atoms with Crippen LogP contribution in [0.5, 0.6) is 5.75 Å². The Morgan fingerprint density at radius 2 is 1.95 bits per heavy atom. The summed E-state index contributed by atoms with van der Waals surface area (Å²) in [7, 11) is 1.58. The molecule has 20 heavy (non-hydrogen) atoms. The van der Waals surface area contributed by atoms with Crippen LogP contribution in [0.4, 0.5) is 0 Å². The van der Waals surface area contributed by atoms with Crippen LogP contribution in [-0.2, 0) is 0 Å². The van der Waals surface area contributed by atoms with Crippen LogP contribution >= 0.6 is 12.2 Å². The van der Waals surface area contributed by atoms with Crippen LogP contribution in [0.25, 0.3) is 0 Å². The van der Waals surface area contributed by atoms with Crippen molar-refractivity contribution in [1.29, 1.82) is 0 Å². The monoisotopic (exact) mass is 292 g/mol. The minimum Gasteiger partial charge on any atom is -0.496 e. The Hall–Kier alpha value is -1.62. The van der Waals surface area contributed by atoms with Crippen molar-refractivity contribution in [2.24, 2.45) is 11.1 Å². The quantitative estimate of drug-likeness (QED) is 0.868. The molecule has 2 N–H and O–H groups in total. The summed E-state index contributed by atoms with van der Waals surface area (Å²) in [5.41, 5.74) is 6.26. The number of thiocarbonyl (C=S) groups is 1. The molecule has 1 amide bonds. The maximum atomic E-state index is 12.5. The summed E-state index contributed by atoms with van der Waals surface area (Å²) in [6, 6.07) is 7.30. The highest BCUT2D eigenvalue weighted by atomic mass is 32.1. The van der Waals surface area contributed by atoms with Gasteiger partial charge in [-0.25, -0.2) is 0 Å². The normalized spacial score (nSPS) is 17.6. The number of para-hydroxylation sites is 1. The molecule has 5 heteroatoms. The molecule has 1 fully saturated rings. The van der Waals surface area contributed by atoms with E-state index in [2.05, 4.69) is 6.92 Å². The number of ether oxygens (including phenoxy) is 1. The van der Waals surface area contributed by atoms with Gasteiger partial charge in [0.15, 0.2) is 0 Å². The van der Waals surface area contributed by atoms with Gasteiger partial charge >= 0.3 is 0 Å². The Morgan fingerprint density at radius 1 is 1.35 bits per heavy atom. The number of benzene rings is 1. The molecule has 0 unspecified atom stereocenters. The van der Waals surface area contributed by atoms with E-state index in [0.29, 0.717) is 29.4 Å². The predicted octanol–water partition coefficient (Wildman–Crippen LogP) is 2.22. The molecule has 0 bridgehead atoms. The molecule has 1 aliphatic rings. The minimum atomic E-state index is -0.132. The number of rotatable bonds is 3. The van der Waals surface area contributed by atoms with Gasteiger partial charge in [0.05, 0.1) is 17.7 Å². The van der Waals surface area contributed by atoms with Crippen molar-refractivity contribution in [2.45, 2.75) is 19.8 Å². The van der Waals surface area contributed by atoms with Gasteiger partial charge in [0.2, 0.25) is 0 Å². The van der Waals surface area contributed by atoms with E-state index in [0.717, 1.165) is 12.8 Å². The molecule has 0 spiro atoms. The lowest BCUT2D eigenvalue weighted by atomic mass is 9.80. The molecule has 0 radical (unpaired) electrons. The molecule has 0 saturated carbocycles. The standard InChI is InChI=1S/C15H20N2O2S/c1-15(14(16)20)7-9-17(10-8-15)13(18)11-5-3-4-6-12(11)19-2/h3-6H,7-10H2,1-2H3,(H2,16,20). The van der Waals surface area contributed by atoms with E-state index in [1.54, 1.807) is 19.2 Å². The zero-order chi connectivity index (χ0) is 14.8. The number of nitrogens with zero attached hydrogens (tertiary/aromatic N) is 1. The Balaban J connectivity index is 2.11. The van der Waals surface area contributed by atoms with Crippen molar-refractivity contribution in [3.63, 3.8) is 0 Å². The fourth-order valence-electron chi connectivity index (χ4n) is 2.44. The molecule has 4 nitrogen and oxygen atoms in total. The van der Waals surface area contributed by atoms with Crippen LogP contribution in [0.3, 0.4) is 0 Å². The molecule has 108 valence electrons. The van der Waals surface area contributed by atoms with Gasteiger partial charge in [-0.1, -0.05) is 31.3 Å². The number of amides is 1. The Labute approximate surface area is 124 Å². The first-order valence-corrected chi connectivity index (χ1v) is 7.11. The summed E-state index contributed by atoms with van der Waals surface area (Å²) in [4.78, 5) is 14.9. The number of methoxy groups -OCH3 is 1. The van der Waals surface area contributed by atoms with Gasteiger partial charge in [-0.05, 0) is 25.0 Å². The van der Waals surface area contributed by atoms with Gasteiger partial charge in [0.25, 0.3) is 5.91 Å². The minimum absolute atomic E-state index is 0.00689. The fraction of sp³-hybridized carbons (Fsp3) is 0.467. The average Bonchev–Trinajstić information content (AvgIpc) is 2.47. The third-order valence-corrected chi connectivity index (χ3v) is 4.58. The summed E-state index contributed by atoms with van der Waals surface area (Å²) in [5.74, 6) is 0.618. The van der Waals surface area contributed by atoms with Crippen LogP contribution in [-0.4, -0.2) is 36.0 Å². The summed E-state index contributed by atoms with van der Waals surface area (Å²) < 4.78 is 5.25. The first-order valence-electron chi connectivity index (χ1n) is 6.70. The SMILES string of the molecule is COc1ccccc1C(=O)N1CCC(C)(C(N)=S)CC1. The number of piperidine rings is 1. The van der Waals surface area contributed by atoms with Gasteiger partial charge in [0.1, 0.15) is 5.75 Å². The molecule has 0 aliphatic carbocycles. The van der Waals surface area contributed by atoms with Crippen LogP contribution in [0.15, 0.2) is 24.3 Å². The highest BCUT2D eigenvalue weighted by molar-refractivity contribution is 7.80. The van der Waals surface area contributed by atoms with E-state index in [9.17, 15) is 4.79 Å². The number of carbonyl (C=O) groups is 1. The smallest absolute Gasteiger partial charge is 0.257 e. The average molecular weight is 292 g/mol. The number of carbonyl (C=O) groups excluding carboxylic acids is 1. The fourth-order valence-corrected chi connectivity index (χ4v) is 2.65. The van der Waals surface area contributed by atoms with E-state index in [4.69, 9.17) is 22.7 Å². The van der Waals surface area contributed by atoms with Crippen molar-refractivity contribution >= 4 is 23.1 Å². The molecule has 1 aliphatic heterocycles. The lowest BCUT2D eigenvalue weighted by Crippen LogP contribution is -2.46. The third kappa shape index (κ3) is 2.77. The molecule has 1 aromatic carbocycles. The zero-order valence-electron chi connectivity index (χ0n) is 11.9. The van der Waals surface area contributed by atoms with Crippen LogP contribution in [0.2, 0.25) is 0 Å². The van der Waals surface area contributed by atoms with E-state index >= 15 is 0 Å². The van der Waals surface area contributed by atoms with E-state index in [1.807, 2.05) is 17.0 Å². The molecule has 0 atom stereocenters.